The van der Waals surface area contributed by atoms with Crippen LogP contribution in [0.1, 0.15) is 28.4 Å². The third-order valence-corrected chi connectivity index (χ3v) is 8.90. The van der Waals surface area contributed by atoms with Gasteiger partial charge in [0.05, 0.1) is 23.3 Å². The van der Waals surface area contributed by atoms with Gasteiger partial charge in [-0.3, -0.25) is 0 Å². The van der Waals surface area contributed by atoms with Crippen LogP contribution in [0, 0.1) is 13.8 Å². The molecule has 3 aromatic rings. The number of esters is 1. The van der Waals surface area contributed by atoms with Crippen LogP contribution in [0.3, 0.4) is 0 Å². The van der Waals surface area contributed by atoms with E-state index >= 15 is 0 Å². The fraction of sp³-hybridized carbons (Fsp3) is 0.238. The molecule has 30 heavy (non-hydrogen) atoms. The van der Waals surface area contributed by atoms with Crippen molar-refractivity contribution in [3.05, 3.63) is 64.5 Å². The van der Waals surface area contributed by atoms with Gasteiger partial charge < -0.3 is 4.74 Å². The topological polar surface area (TPSA) is 76.6 Å². The predicted molar refractivity (Wildman–Crippen MR) is 120 cm³/mol. The highest BCUT2D eigenvalue weighted by atomic mass is 32.3. The number of hydrogen-bond donors (Lipinski definition) is 0. The number of sulfonamides is 1. The normalized spacial score (nSPS) is 11.6. The number of nitrogens with zero attached hydrogens (tertiary/aromatic N) is 2. The van der Waals surface area contributed by atoms with Gasteiger partial charge in [-0.1, -0.05) is 37.3 Å². The van der Waals surface area contributed by atoms with E-state index in [0.29, 0.717) is 15.5 Å². The average Bonchev–Trinajstić information content (AvgIpc) is 3.22. The fourth-order valence-corrected chi connectivity index (χ4v) is 6.58. The molecular weight excluding hydrogens is 440 g/mol. The first-order valence-corrected chi connectivity index (χ1v) is 12.3. The van der Waals surface area contributed by atoms with Crippen LogP contribution >= 0.6 is 23.3 Å². The molecular formula is C21H22N2O4S3. The molecule has 0 fully saturated rings. The standard InChI is InChI=1S/C21H22N2O4S3/c1-5-23(29-21-22-19(13-28-21)16-9-7-6-8-10-16)30(25,26)17-11-14(2)15(3)18(12-17)20(24)27-4/h6-13H,5H2,1-4H3. The molecule has 0 amide bonds. The van der Waals surface area contributed by atoms with Gasteiger partial charge in [0.15, 0.2) is 4.34 Å². The lowest BCUT2D eigenvalue weighted by Crippen LogP contribution is -2.25. The van der Waals surface area contributed by atoms with E-state index in [1.165, 1.54) is 28.2 Å². The van der Waals surface area contributed by atoms with E-state index in [0.717, 1.165) is 23.2 Å². The zero-order valence-corrected chi connectivity index (χ0v) is 19.5. The summed E-state index contributed by atoms with van der Waals surface area (Å²) < 4.78 is 33.3. The first kappa shape index (κ1) is 22.5. The molecule has 0 saturated carbocycles. The molecule has 0 unspecified atom stereocenters. The molecule has 0 N–H and O–H groups in total. The Hall–Kier alpha value is -2.20. The van der Waals surface area contributed by atoms with Crippen molar-refractivity contribution in [2.24, 2.45) is 0 Å². The van der Waals surface area contributed by atoms with Crippen molar-refractivity contribution >= 4 is 39.3 Å². The summed E-state index contributed by atoms with van der Waals surface area (Å²) in [7, 11) is -2.58. The van der Waals surface area contributed by atoms with Crippen molar-refractivity contribution in [2.45, 2.75) is 30.0 Å². The van der Waals surface area contributed by atoms with Gasteiger partial charge in [0, 0.05) is 29.4 Å². The quantitative estimate of drug-likeness (QED) is 0.366. The fourth-order valence-electron chi connectivity index (χ4n) is 2.83. The number of ether oxygens (including phenoxy) is 1. The lowest BCUT2D eigenvalue weighted by atomic mass is 10.0. The summed E-state index contributed by atoms with van der Waals surface area (Å²) in [5.74, 6) is -0.559. The van der Waals surface area contributed by atoms with E-state index < -0.39 is 16.0 Å². The number of benzene rings is 2. The van der Waals surface area contributed by atoms with Crippen LogP contribution in [0.15, 0.2) is 57.1 Å². The molecule has 0 atom stereocenters. The summed E-state index contributed by atoms with van der Waals surface area (Å²) in [5.41, 5.74) is 3.43. The highest BCUT2D eigenvalue weighted by molar-refractivity contribution is 8.09. The molecule has 6 nitrogen and oxygen atoms in total. The van der Waals surface area contributed by atoms with Gasteiger partial charge >= 0.3 is 5.97 Å². The molecule has 0 aliphatic rings. The second-order valence-corrected chi connectivity index (χ2v) is 10.7. The maximum atomic E-state index is 13.3. The minimum absolute atomic E-state index is 0.0557. The number of methoxy groups -OCH3 is 1. The molecule has 2 aromatic carbocycles. The van der Waals surface area contributed by atoms with Crippen molar-refractivity contribution in [3.63, 3.8) is 0 Å². The zero-order valence-electron chi connectivity index (χ0n) is 17.1. The Balaban J connectivity index is 1.92. The number of thiazole rings is 1. The van der Waals surface area contributed by atoms with Crippen LogP contribution in [-0.4, -0.2) is 36.7 Å². The van der Waals surface area contributed by atoms with Crippen LogP contribution < -0.4 is 0 Å². The maximum Gasteiger partial charge on any atom is 0.338 e. The first-order valence-electron chi connectivity index (χ1n) is 9.19. The molecule has 1 aromatic heterocycles. The van der Waals surface area contributed by atoms with Gasteiger partial charge in [0.25, 0.3) is 10.0 Å². The van der Waals surface area contributed by atoms with Crippen LogP contribution in [0.4, 0.5) is 0 Å². The van der Waals surface area contributed by atoms with E-state index in [2.05, 4.69) is 4.98 Å². The Morgan fingerprint density at radius 2 is 1.90 bits per heavy atom. The second kappa shape index (κ2) is 9.30. The van der Waals surface area contributed by atoms with Crippen LogP contribution in [0.2, 0.25) is 0 Å². The van der Waals surface area contributed by atoms with Crippen LogP contribution in [-0.2, 0) is 14.8 Å². The van der Waals surface area contributed by atoms with Gasteiger partial charge in [-0.25, -0.2) is 18.2 Å². The lowest BCUT2D eigenvalue weighted by Gasteiger charge is -2.19. The van der Waals surface area contributed by atoms with E-state index in [-0.39, 0.29) is 17.0 Å². The van der Waals surface area contributed by atoms with E-state index in [1.54, 1.807) is 26.8 Å². The predicted octanol–water partition coefficient (Wildman–Crippen LogP) is 4.93. The van der Waals surface area contributed by atoms with Gasteiger partial charge in [0.2, 0.25) is 0 Å². The zero-order chi connectivity index (χ0) is 21.9. The Morgan fingerprint density at radius 3 is 2.53 bits per heavy atom. The lowest BCUT2D eigenvalue weighted by molar-refractivity contribution is 0.0599. The monoisotopic (exact) mass is 462 g/mol. The van der Waals surface area contributed by atoms with Crippen molar-refractivity contribution in [1.29, 1.82) is 0 Å². The SMILES string of the molecule is CCN(Sc1nc(-c2ccccc2)cs1)S(=O)(=O)c1cc(C)c(C)c(C(=O)OC)c1. The summed E-state index contributed by atoms with van der Waals surface area (Å²) in [5, 5.41) is 1.91. The Morgan fingerprint density at radius 1 is 1.20 bits per heavy atom. The minimum Gasteiger partial charge on any atom is -0.465 e. The largest absolute Gasteiger partial charge is 0.465 e. The summed E-state index contributed by atoms with van der Waals surface area (Å²) in [6, 6.07) is 12.7. The van der Waals surface area contributed by atoms with Crippen LogP contribution in [0.5, 0.6) is 0 Å². The first-order chi connectivity index (χ1) is 14.3. The number of aryl methyl sites for hydroxylation is 1. The van der Waals surface area contributed by atoms with Crippen molar-refractivity contribution in [3.8, 4) is 11.3 Å². The molecule has 0 aliphatic carbocycles. The smallest absolute Gasteiger partial charge is 0.338 e. The number of rotatable bonds is 7. The molecule has 3 rings (SSSR count). The second-order valence-electron chi connectivity index (χ2n) is 6.48. The number of aromatic nitrogens is 1. The van der Waals surface area contributed by atoms with Gasteiger partial charge in [0.1, 0.15) is 0 Å². The molecule has 158 valence electrons. The van der Waals surface area contributed by atoms with E-state index in [4.69, 9.17) is 4.74 Å². The average molecular weight is 463 g/mol. The molecule has 1 heterocycles. The molecule has 9 heteroatoms. The Labute approximate surface area is 185 Å². The highest BCUT2D eigenvalue weighted by Crippen LogP contribution is 2.34. The molecule has 0 bridgehead atoms. The third kappa shape index (κ3) is 4.59. The van der Waals surface area contributed by atoms with Gasteiger partial charge in [-0.05, 0) is 37.1 Å². The van der Waals surface area contributed by atoms with Crippen molar-refractivity contribution in [2.75, 3.05) is 13.7 Å². The van der Waals surface area contributed by atoms with Crippen molar-refractivity contribution in [1.82, 2.24) is 8.69 Å². The minimum atomic E-state index is -3.85. The number of carbonyl (C=O) groups excluding carboxylic acids is 1. The van der Waals surface area contributed by atoms with Gasteiger partial charge in [-0.15, -0.1) is 15.0 Å². The maximum absolute atomic E-state index is 13.3. The van der Waals surface area contributed by atoms with E-state index in [9.17, 15) is 13.2 Å². The Bertz CT molecular complexity index is 1160. The van der Waals surface area contributed by atoms with Crippen molar-refractivity contribution < 1.29 is 17.9 Å². The molecule has 0 aliphatic heterocycles. The highest BCUT2D eigenvalue weighted by Gasteiger charge is 2.28. The Kier molecular flexibility index (Phi) is 6.97. The molecule has 0 spiro atoms. The van der Waals surface area contributed by atoms with Crippen LogP contribution in [0.25, 0.3) is 11.3 Å². The van der Waals surface area contributed by atoms with Gasteiger partial charge in [-0.2, -0.15) is 0 Å². The summed E-state index contributed by atoms with van der Waals surface area (Å²) in [6.45, 7) is 5.55. The molecule has 0 saturated heterocycles. The summed E-state index contributed by atoms with van der Waals surface area (Å²) >= 11 is 2.46. The number of carbonyl (C=O) groups is 1. The van der Waals surface area contributed by atoms with E-state index in [1.807, 2.05) is 35.7 Å². The third-order valence-electron chi connectivity index (χ3n) is 4.60. The number of hydrogen-bond acceptors (Lipinski definition) is 7. The summed E-state index contributed by atoms with van der Waals surface area (Å²) in [6.07, 6.45) is 0. The summed E-state index contributed by atoms with van der Waals surface area (Å²) in [4.78, 5) is 16.7. The molecule has 0 radical (unpaired) electrons.